The lowest BCUT2D eigenvalue weighted by Gasteiger charge is -2.05. The number of ether oxygens (including phenoxy) is 2. The summed E-state index contributed by atoms with van der Waals surface area (Å²) in [6.07, 6.45) is 0. The van der Waals surface area contributed by atoms with Crippen LogP contribution in [0.3, 0.4) is 0 Å². The molecule has 0 saturated heterocycles. The monoisotopic (exact) mass is 164 g/mol. The maximum absolute atomic E-state index is 5.48. The fraction of sp³-hybridized carbons (Fsp3) is 0.400. The van der Waals surface area contributed by atoms with E-state index in [0.29, 0.717) is 5.92 Å². The zero-order valence-corrected chi connectivity index (χ0v) is 7.12. The zero-order chi connectivity index (χ0) is 8.39. The van der Waals surface area contributed by atoms with Crippen LogP contribution in [0.5, 0.6) is 5.75 Å². The molecule has 0 bridgehead atoms. The van der Waals surface area contributed by atoms with Gasteiger partial charge < -0.3 is 9.47 Å². The molecule has 1 aliphatic heterocycles. The lowest BCUT2D eigenvalue weighted by molar-refractivity contribution is 0.166. The minimum absolute atomic E-state index is 0.422. The SMILES string of the molecule is COC[C@H]1COc2ccccc21. The molecule has 64 valence electrons. The van der Waals surface area contributed by atoms with E-state index in [9.17, 15) is 0 Å². The van der Waals surface area contributed by atoms with Crippen LogP contribution in [-0.4, -0.2) is 20.3 Å². The predicted octanol–water partition coefficient (Wildman–Crippen LogP) is 1.81. The van der Waals surface area contributed by atoms with Crippen molar-refractivity contribution in [1.82, 2.24) is 0 Å². The fourth-order valence-electron chi connectivity index (χ4n) is 1.57. The van der Waals surface area contributed by atoms with Gasteiger partial charge in [-0.15, -0.1) is 0 Å². The Hall–Kier alpha value is -1.02. The van der Waals surface area contributed by atoms with E-state index < -0.39 is 0 Å². The van der Waals surface area contributed by atoms with Gasteiger partial charge in [-0.05, 0) is 6.07 Å². The van der Waals surface area contributed by atoms with Crippen molar-refractivity contribution in [1.29, 1.82) is 0 Å². The molecule has 0 radical (unpaired) electrons. The quantitative estimate of drug-likeness (QED) is 0.663. The summed E-state index contributed by atoms with van der Waals surface area (Å²) in [7, 11) is 1.72. The van der Waals surface area contributed by atoms with Crippen molar-refractivity contribution in [2.45, 2.75) is 5.92 Å². The first-order chi connectivity index (χ1) is 5.92. The van der Waals surface area contributed by atoms with Gasteiger partial charge in [0.25, 0.3) is 0 Å². The number of benzene rings is 1. The van der Waals surface area contributed by atoms with E-state index in [1.807, 2.05) is 18.2 Å². The zero-order valence-electron chi connectivity index (χ0n) is 7.12. The molecule has 0 fully saturated rings. The highest BCUT2D eigenvalue weighted by molar-refractivity contribution is 5.39. The van der Waals surface area contributed by atoms with Crippen molar-refractivity contribution in [2.75, 3.05) is 20.3 Å². The van der Waals surface area contributed by atoms with Crippen LogP contribution < -0.4 is 4.74 Å². The molecule has 1 aromatic carbocycles. The van der Waals surface area contributed by atoms with Crippen LogP contribution in [0.2, 0.25) is 0 Å². The molecule has 0 aromatic heterocycles. The third-order valence-corrected chi connectivity index (χ3v) is 2.17. The van der Waals surface area contributed by atoms with E-state index in [0.717, 1.165) is 19.0 Å². The summed E-state index contributed by atoms with van der Waals surface area (Å²) in [6, 6.07) is 8.14. The first-order valence-electron chi connectivity index (χ1n) is 4.12. The van der Waals surface area contributed by atoms with Crippen molar-refractivity contribution in [3.63, 3.8) is 0 Å². The maximum atomic E-state index is 5.48. The van der Waals surface area contributed by atoms with Crippen molar-refractivity contribution >= 4 is 0 Å². The van der Waals surface area contributed by atoms with Gasteiger partial charge in [-0.3, -0.25) is 0 Å². The Morgan fingerprint density at radius 3 is 3.17 bits per heavy atom. The second kappa shape index (κ2) is 3.15. The lowest BCUT2D eigenvalue weighted by atomic mass is 10.0. The Kier molecular flexibility index (Phi) is 2.00. The van der Waals surface area contributed by atoms with Crippen LogP contribution in [-0.2, 0) is 4.74 Å². The summed E-state index contributed by atoms with van der Waals surface area (Å²) in [5.74, 6) is 1.44. The number of hydrogen-bond acceptors (Lipinski definition) is 2. The molecule has 0 saturated carbocycles. The van der Waals surface area contributed by atoms with E-state index in [2.05, 4.69) is 6.07 Å². The average molecular weight is 164 g/mol. The molecule has 0 unspecified atom stereocenters. The van der Waals surface area contributed by atoms with Gasteiger partial charge in [0.15, 0.2) is 0 Å². The number of methoxy groups -OCH3 is 1. The van der Waals surface area contributed by atoms with Crippen LogP contribution in [0.15, 0.2) is 24.3 Å². The highest BCUT2D eigenvalue weighted by atomic mass is 16.5. The van der Waals surface area contributed by atoms with Crippen molar-refractivity contribution in [3.8, 4) is 5.75 Å². The molecule has 0 N–H and O–H groups in total. The second-order valence-electron chi connectivity index (χ2n) is 3.00. The Balaban J connectivity index is 2.24. The maximum Gasteiger partial charge on any atom is 0.123 e. The number of rotatable bonds is 2. The van der Waals surface area contributed by atoms with Gasteiger partial charge in [-0.25, -0.2) is 0 Å². The van der Waals surface area contributed by atoms with Crippen LogP contribution in [0.4, 0.5) is 0 Å². The molecular formula is C10H12O2. The first kappa shape index (κ1) is 7.62. The molecule has 12 heavy (non-hydrogen) atoms. The van der Waals surface area contributed by atoms with E-state index in [1.54, 1.807) is 7.11 Å². The summed E-state index contributed by atoms with van der Waals surface area (Å²) in [5, 5.41) is 0. The van der Waals surface area contributed by atoms with Crippen molar-refractivity contribution in [3.05, 3.63) is 29.8 Å². The van der Waals surface area contributed by atoms with E-state index in [1.165, 1.54) is 5.56 Å². The average Bonchev–Trinajstić information content (AvgIpc) is 2.50. The molecule has 0 spiro atoms. The third kappa shape index (κ3) is 1.18. The minimum Gasteiger partial charge on any atom is -0.493 e. The van der Waals surface area contributed by atoms with Gasteiger partial charge in [0, 0.05) is 18.6 Å². The first-order valence-corrected chi connectivity index (χ1v) is 4.12. The molecular weight excluding hydrogens is 152 g/mol. The Bertz CT molecular complexity index is 268. The third-order valence-electron chi connectivity index (χ3n) is 2.17. The number of hydrogen-bond donors (Lipinski definition) is 0. The van der Waals surface area contributed by atoms with Crippen LogP contribution in [0, 0.1) is 0 Å². The Morgan fingerprint density at radius 1 is 1.50 bits per heavy atom. The standard InChI is InChI=1S/C10H12O2/c1-11-6-8-7-12-10-5-3-2-4-9(8)10/h2-5,8H,6-7H2,1H3/t8-/m0/s1. The summed E-state index contributed by atoms with van der Waals surface area (Å²) < 4.78 is 10.6. The van der Waals surface area contributed by atoms with Crippen LogP contribution in [0.1, 0.15) is 11.5 Å². The van der Waals surface area contributed by atoms with Gasteiger partial charge in [0.2, 0.25) is 0 Å². The van der Waals surface area contributed by atoms with E-state index in [-0.39, 0.29) is 0 Å². The summed E-state index contributed by atoms with van der Waals surface area (Å²) in [6.45, 7) is 1.50. The van der Waals surface area contributed by atoms with Gasteiger partial charge >= 0.3 is 0 Å². The number of para-hydroxylation sites is 1. The summed E-state index contributed by atoms with van der Waals surface area (Å²) >= 11 is 0. The minimum atomic E-state index is 0.422. The molecule has 1 heterocycles. The predicted molar refractivity (Wildman–Crippen MR) is 46.6 cm³/mol. The molecule has 2 heteroatoms. The van der Waals surface area contributed by atoms with Gasteiger partial charge in [-0.2, -0.15) is 0 Å². The van der Waals surface area contributed by atoms with E-state index in [4.69, 9.17) is 9.47 Å². The highest BCUT2D eigenvalue weighted by Crippen LogP contribution is 2.33. The Morgan fingerprint density at radius 2 is 2.33 bits per heavy atom. The molecule has 0 amide bonds. The van der Waals surface area contributed by atoms with Crippen molar-refractivity contribution < 1.29 is 9.47 Å². The smallest absolute Gasteiger partial charge is 0.123 e. The molecule has 2 rings (SSSR count). The lowest BCUT2D eigenvalue weighted by Crippen LogP contribution is -2.07. The fourth-order valence-corrected chi connectivity index (χ4v) is 1.57. The molecule has 1 aliphatic rings. The van der Waals surface area contributed by atoms with E-state index >= 15 is 0 Å². The normalized spacial score (nSPS) is 20.2. The molecule has 1 atom stereocenters. The topological polar surface area (TPSA) is 18.5 Å². The molecule has 0 aliphatic carbocycles. The largest absolute Gasteiger partial charge is 0.493 e. The van der Waals surface area contributed by atoms with Gasteiger partial charge in [0.1, 0.15) is 5.75 Å². The second-order valence-corrected chi connectivity index (χ2v) is 3.00. The molecule has 2 nitrogen and oxygen atoms in total. The van der Waals surface area contributed by atoms with Crippen molar-refractivity contribution in [2.24, 2.45) is 0 Å². The van der Waals surface area contributed by atoms with Crippen LogP contribution >= 0.6 is 0 Å². The Labute approximate surface area is 72.1 Å². The number of fused-ring (bicyclic) bond motifs is 1. The summed E-state index contributed by atoms with van der Waals surface area (Å²) in [4.78, 5) is 0. The molecule has 1 aromatic rings. The summed E-state index contributed by atoms with van der Waals surface area (Å²) in [5.41, 5.74) is 1.28. The van der Waals surface area contributed by atoms with Gasteiger partial charge in [0.05, 0.1) is 13.2 Å². The highest BCUT2D eigenvalue weighted by Gasteiger charge is 2.22. The van der Waals surface area contributed by atoms with Gasteiger partial charge in [-0.1, -0.05) is 18.2 Å². The van der Waals surface area contributed by atoms with Crippen LogP contribution in [0.25, 0.3) is 0 Å².